The van der Waals surface area contributed by atoms with Gasteiger partial charge in [-0.15, -0.1) is 0 Å². The lowest BCUT2D eigenvalue weighted by molar-refractivity contribution is 0.0518. The quantitative estimate of drug-likeness (QED) is 0.571. The van der Waals surface area contributed by atoms with Gasteiger partial charge in [-0.25, -0.2) is 9.18 Å². The molecular weight excluding hydrogens is 339 g/mol. The molecule has 0 saturated heterocycles. The molecule has 140 valence electrons. The van der Waals surface area contributed by atoms with E-state index in [4.69, 9.17) is 4.74 Å². The smallest absolute Gasteiger partial charge is 0.360 e. The molecule has 1 aromatic carbocycles. The van der Waals surface area contributed by atoms with Crippen LogP contribution in [0.4, 0.5) is 10.1 Å². The topological polar surface area (TPSA) is 76.5 Å². The van der Waals surface area contributed by atoms with Crippen LogP contribution in [0.15, 0.2) is 35.1 Å². The van der Waals surface area contributed by atoms with Crippen molar-refractivity contribution in [3.8, 4) is 5.69 Å². The molecule has 0 aliphatic rings. The summed E-state index contributed by atoms with van der Waals surface area (Å²) in [5.41, 5.74) is 0.270. The second-order valence-electron chi connectivity index (χ2n) is 5.94. The normalized spacial score (nSPS) is 10.8. The molecule has 2 rings (SSSR count). The Kier molecular flexibility index (Phi) is 6.85. The van der Waals surface area contributed by atoms with Crippen LogP contribution in [0, 0.1) is 5.82 Å². The van der Waals surface area contributed by atoms with Crippen molar-refractivity contribution in [2.75, 3.05) is 39.1 Å². The summed E-state index contributed by atoms with van der Waals surface area (Å²) in [6, 6.07) is 6.59. The standard InChI is InChI=1S/C18H23FN4O3/c1-4-26-18(25)17-15(20-10-5-11-22(2)3)12-16(24)23(21-17)14-8-6-13(19)7-9-14/h6-9,12,20H,4-5,10-11H2,1-3H3. The van der Waals surface area contributed by atoms with Gasteiger partial charge in [0.05, 0.1) is 18.0 Å². The molecule has 0 bridgehead atoms. The van der Waals surface area contributed by atoms with E-state index in [0.717, 1.165) is 17.6 Å². The summed E-state index contributed by atoms with van der Waals surface area (Å²) < 4.78 is 19.2. The van der Waals surface area contributed by atoms with Gasteiger partial charge in [0.2, 0.25) is 0 Å². The number of carbonyl (C=O) groups is 1. The number of halogens is 1. The van der Waals surface area contributed by atoms with Gasteiger partial charge in [-0.05, 0) is 58.3 Å². The molecule has 0 amide bonds. The Hall–Kier alpha value is -2.74. The maximum absolute atomic E-state index is 13.1. The molecule has 0 atom stereocenters. The van der Waals surface area contributed by atoms with E-state index in [0.29, 0.717) is 17.9 Å². The molecule has 26 heavy (non-hydrogen) atoms. The molecule has 8 heteroatoms. The Labute approximate surface area is 151 Å². The minimum atomic E-state index is -0.626. The summed E-state index contributed by atoms with van der Waals surface area (Å²) in [4.78, 5) is 26.7. The fraction of sp³-hybridized carbons (Fsp3) is 0.389. The number of benzene rings is 1. The van der Waals surface area contributed by atoms with Gasteiger partial charge in [0.25, 0.3) is 5.56 Å². The van der Waals surface area contributed by atoms with Crippen molar-refractivity contribution in [2.24, 2.45) is 0 Å². The first-order valence-corrected chi connectivity index (χ1v) is 8.38. The number of esters is 1. The third-order valence-electron chi connectivity index (χ3n) is 3.57. The Morgan fingerprint density at radius 2 is 2.00 bits per heavy atom. The molecule has 1 aromatic heterocycles. The van der Waals surface area contributed by atoms with E-state index < -0.39 is 17.3 Å². The lowest BCUT2D eigenvalue weighted by Gasteiger charge is -2.14. The number of nitrogens with zero attached hydrogens (tertiary/aromatic N) is 3. The molecule has 7 nitrogen and oxygen atoms in total. The number of aromatic nitrogens is 2. The number of carbonyl (C=O) groups excluding carboxylic acids is 1. The lowest BCUT2D eigenvalue weighted by Crippen LogP contribution is -2.26. The van der Waals surface area contributed by atoms with Gasteiger partial charge in [0.1, 0.15) is 5.82 Å². The average Bonchev–Trinajstić information content (AvgIpc) is 2.60. The molecule has 0 unspecified atom stereocenters. The van der Waals surface area contributed by atoms with Crippen LogP contribution in [0.25, 0.3) is 5.69 Å². The van der Waals surface area contributed by atoms with Crippen LogP contribution in [0.3, 0.4) is 0 Å². The molecule has 0 spiro atoms. The Balaban J connectivity index is 2.35. The van der Waals surface area contributed by atoms with Crippen LogP contribution in [0.1, 0.15) is 23.8 Å². The average molecular weight is 362 g/mol. The van der Waals surface area contributed by atoms with Gasteiger partial charge in [-0.1, -0.05) is 0 Å². The van der Waals surface area contributed by atoms with E-state index in [1.54, 1.807) is 6.92 Å². The summed E-state index contributed by atoms with van der Waals surface area (Å²) >= 11 is 0. The predicted octanol–water partition coefficient (Wildman–Crippen LogP) is 1.91. The van der Waals surface area contributed by atoms with Crippen molar-refractivity contribution in [3.05, 3.63) is 52.2 Å². The monoisotopic (exact) mass is 362 g/mol. The SMILES string of the molecule is CCOC(=O)c1nn(-c2ccc(F)cc2)c(=O)cc1NCCCN(C)C. The maximum atomic E-state index is 13.1. The predicted molar refractivity (Wildman–Crippen MR) is 97.4 cm³/mol. The molecule has 0 aliphatic heterocycles. The Morgan fingerprint density at radius 1 is 1.31 bits per heavy atom. The van der Waals surface area contributed by atoms with Gasteiger partial charge < -0.3 is 15.0 Å². The van der Waals surface area contributed by atoms with E-state index in [9.17, 15) is 14.0 Å². The number of rotatable bonds is 8. The second kappa shape index (κ2) is 9.10. The van der Waals surface area contributed by atoms with E-state index >= 15 is 0 Å². The summed E-state index contributed by atoms with van der Waals surface area (Å²) in [5.74, 6) is -1.05. The van der Waals surface area contributed by atoms with Crippen LogP contribution in [0.5, 0.6) is 0 Å². The zero-order valence-electron chi connectivity index (χ0n) is 15.2. The van der Waals surface area contributed by atoms with Crippen molar-refractivity contribution in [1.82, 2.24) is 14.7 Å². The Bertz CT molecular complexity index is 803. The van der Waals surface area contributed by atoms with Crippen molar-refractivity contribution in [3.63, 3.8) is 0 Å². The largest absolute Gasteiger partial charge is 0.461 e. The lowest BCUT2D eigenvalue weighted by atomic mass is 10.2. The first-order valence-electron chi connectivity index (χ1n) is 8.38. The number of hydrogen-bond acceptors (Lipinski definition) is 6. The highest BCUT2D eigenvalue weighted by Crippen LogP contribution is 2.14. The fourth-order valence-corrected chi connectivity index (χ4v) is 2.33. The first kappa shape index (κ1) is 19.6. The zero-order chi connectivity index (χ0) is 19.1. The van der Waals surface area contributed by atoms with E-state index in [-0.39, 0.29) is 12.3 Å². The van der Waals surface area contributed by atoms with Crippen molar-refractivity contribution in [2.45, 2.75) is 13.3 Å². The number of anilines is 1. The molecule has 0 saturated carbocycles. The second-order valence-corrected chi connectivity index (χ2v) is 5.94. The highest BCUT2D eigenvalue weighted by atomic mass is 19.1. The van der Waals surface area contributed by atoms with Gasteiger partial charge >= 0.3 is 5.97 Å². The highest BCUT2D eigenvalue weighted by molar-refractivity contribution is 5.93. The molecule has 1 N–H and O–H groups in total. The summed E-state index contributed by atoms with van der Waals surface area (Å²) in [6.07, 6.45) is 0.830. The van der Waals surface area contributed by atoms with Crippen LogP contribution in [0.2, 0.25) is 0 Å². The number of hydrogen-bond donors (Lipinski definition) is 1. The molecular formula is C18H23FN4O3. The van der Waals surface area contributed by atoms with E-state index in [2.05, 4.69) is 10.4 Å². The minimum Gasteiger partial charge on any atom is -0.461 e. The fourth-order valence-electron chi connectivity index (χ4n) is 2.33. The van der Waals surface area contributed by atoms with Crippen LogP contribution >= 0.6 is 0 Å². The maximum Gasteiger partial charge on any atom is 0.360 e. The summed E-state index contributed by atoms with van der Waals surface area (Å²) in [5, 5.41) is 7.21. The molecule has 1 heterocycles. The van der Waals surface area contributed by atoms with Crippen molar-refractivity contribution >= 4 is 11.7 Å². The first-order chi connectivity index (χ1) is 12.4. The minimum absolute atomic E-state index is 0.0145. The zero-order valence-corrected chi connectivity index (χ0v) is 15.2. The van der Waals surface area contributed by atoms with Crippen molar-refractivity contribution in [1.29, 1.82) is 0 Å². The van der Waals surface area contributed by atoms with E-state index in [1.807, 2.05) is 19.0 Å². The van der Waals surface area contributed by atoms with Gasteiger partial charge in [-0.2, -0.15) is 9.78 Å². The molecule has 0 fully saturated rings. The van der Waals surface area contributed by atoms with Gasteiger partial charge in [0.15, 0.2) is 5.69 Å². The van der Waals surface area contributed by atoms with Crippen molar-refractivity contribution < 1.29 is 13.9 Å². The number of nitrogens with one attached hydrogen (secondary N) is 1. The molecule has 2 aromatic rings. The summed E-state index contributed by atoms with van der Waals surface area (Å²) in [7, 11) is 3.94. The Morgan fingerprint density at radius 3 is 2.62 bits per heavy atom. The third-order valence-corrected chi connectivity index (χ3v) is 3.57. The summed E-state index contributed by atoms with van der Waals surface area (Å²) in [6.45, 7) is 3.32. The van der Waals surface area contributed by atoms with Crippen LogP contribution in [-0.2, 0) is 4.74 Å². The van der Waals surface area contributed by atoms with E-state index in [1.165, 1.54) is 30.3 Å². The molecule has 0 aliphatic carbocycles. The highest BCUT2D eigenvalue weighted by Gasteiger charge is 2.18. The number of ether oxygens (including phenoxy) is 1. The molecule has 0 radical (unpaired) electrons. The van der Waals surface area contributed by atoms with Gasteiger partial charge in [-0.3, -0.25) is 4.79 Å². The third kappa shape index (κ3) is 5.13. The van der Waals surface area contributed by atoms with Crippen LogP contribution < -0.4 is 10.9 Å². The van der Waals surface area contributed by atoms with Crippen LogP contribution in [-0.4, -0.2) is 54.4 Å². The van der Waals surface area contributed by atoms with Gasteiger partial charge in [0, 0.05) is 12.6 Å².